The Hall–Kier alpha value is -1.73. The van der Waals surface area contributed by atoms with Gasteiger partial charge in [0, 0.05) is 25.0 Å². The molecule has 20 heavy (non-hydrogen) atoms. The fourth-order valence-electron chi connectivity index (χ4n) is 1.77. The smallest absolute Gasteiger partial charge is 0.256 e. The van der Waals surface area contributed by atoms with Gasteiger partial charge in [-0.05, 0) is 30.0 Å². The molecule has 1 unspecified atom stereocenters. The Bertz CT molecular complexity index is 545. The fourth-order valence-corrected chi connectivity index (χ4v) is 1.93. The number of hydrogen-bond donors (Lipinski definition) is 2. The van der Waals surface area contributed by atoms with Crippen molar-refractivity contribution in [3.05, 3.63) is 23.7 Å². The van der Waals surface area contributed by atoms with Crippen molar-refractivity contribution in [2.45, 2.75) is 26.3 Å². The fraction of sp³-hybridized carbons (Fsp3) is 0.500. The van der Waals surface area contributed by atoms with E-state index in [9.17, 15) is 0 Å². The number of nitrogens with one attached hydrogen (secondary N) is 1. The van der Waals surface area contributed by atoms with Gasteiger partial charge in [-0.25, -0.2) is 4.68 Å². The number of halogens is 1. The minimum Gasteiger partial charge on any atom is -0.396 e. The Labute approximate surface area is 122 Å². The zero-order chi connectivity index (χ0) is 14.5. The predicted octanol–water partition coefficient (Wildman–Crippen LogP) is 1.53. The molecule has 108 valence electrons. The van der Waals surface area contributed by atoms with E-state index in [0.29, 0.717) is 24.2 Å². The molecule has 2 rings (SSSR count). The second kappa shape index (κ2) is 6.62. The Morgan fingerprint density at radius 1 is 1.35 bits per heavy atom. The molecule has 0 amide bonds. The van der Waals surface area contributed by atoms with Gasteiger partial charge in [0.1, 0.15) is 0 Å². The Kier molecular flexibility index (Phi) is 4.86. The Morgan fingerprint density at radius 2 is 2.15 bits per heavy atom. The van der Waals surface area contributed by atoms with E-state index in [1.807, 2.05) is 0 Å². The van der Waals surface area contributed by atoms with Crippen LogP contribution in [-0.4, -0.2) is 42.5 Å². The van der Waals surface area contributed by atoms with Gasteiger partial charge in [-0.1, -0.05) is 13.8 Å². The molecule has 0 fully saturated rings. The first-order valence-electron chi connectivity index (χ1n) is 6.39. The predicted molar refractivity (Wildman–Crippen MR) is 75.9 cm³/mol. The van der Waals surface area contributed by atoms with E-state index >= 15 is 0 Å². The lowest BCUT2D eigenvalue weighted by molar-refractivity contribution is 0.267. The van der Waals surface area contributed by atoms with E-state index in [-0.39, 0.29) is 17.9 Å². The molecule has 2 aromatic rings. The third kappa shape index (κ3) is 3.64. The topological polar surface area (TPSA) is 88.8 Å². The number of hydrogen-bond acceptors (Lipinski definition) is 6. The monoisotopic (exact) mass is 296 g/mol. The van der Waals surface area contributed by atoms with Crippen LogP contribution >= 0.6 is 11.6 Å². The largest absolute Gasteiger partial charge is 0.396 e. The van der Waals surface area contributed by atoms with Crippen molar-refractivity contribution in [1.82, 2.24) is 24.7 Å². The zero-order valence-corrected chi connectivity index (χ0v) is 12.1. The summed E-state index contributed by atoms with van der Waals surface area (Å²) in [7, 11) is 0. The highest BCUT2D eigenvalue weighted by Gasteiger charge is 2.15. The summed E-state index contributed by atoms with van der Waals surface area (Å²) in [5.41, 5.74) is 0. The van der Waals surface area contributed by atoms with Crippen molar-refractivity contribution in [2.75, 3.05) is 11.9 Å². The van der Waals surface area contributed by atoms with E-state index in [1.165, 1.54) is 4.68 Å². The van der Waals surface area contributed by atoms with Crippen LogP contribution in [-0.2, 0) is 0 Å². The third-order valence-corrected chi connectivity index (χ3v) is 3.03. The quantitative estimate of drug-likeness (QED) is 0.840. The molecule has 0 radical (unpaired) electrons. The molecule has 2 N–H and O–H groups in total. The summed E-state index contributed by atoms with van der Waals surface area (Å²) in [6, 6.07) is 1.83. The molecular weight excluding hydrogens is 280 g/mol. The first-order chi connectivity index (χ1) is 9.60. The summed E-state index contributed by atoms with van der Waals surface area (Å²) in [5.74, 6) is 1.05. The lowest BCUT2D eigenvalue weighted by Crippen LogP contribution is -2.28. The molecule has 0 saturated carbocycles. The highest BCUT2D eigenvalue weighted by molar-refractivity contribution is 6.28. The van der Waals surface area contributed by atoms with Crippen LogP contribution in [0.25, 0.3) is 5.95 Å². The summed E-state index contributed by atoms with van der Waals surface area (Å²) in [6.07, 6.45) is 3.97. The van der Waals surface area contributed by atoms with E-state index in [4.69, 9.17) is 16.7 Å². The maximum Gasteiger partial charge on any atom is 0.256 e. The van der Waals surface area contributed by atoms with E-state index < -0.39 is 0 Å². The molecule has 0 aliphatic rings. The van der Waals surface area contributed by atoms with E-state index in [1.54, 1.807) is 18.5 Å². The second-order valence-electron chi connectivity index (χ2n) is 4.69. The van der Waals surface area contributed by atoms with Crippen molar-refractivity contribution in [3.63, 3.8) is 0 Å². The normalized spacial score (nSPS) is 12.7. The summed E-state index contributed by atoms with van der Waals surface area (Å²) >= 11 is 5.91. The van der Waals surface area contributed by atoms with Crippen LogP contribution in [0.3, 0.4) is 0 Å². The number of aromatic nitrogens is 5. The average molecular weight is 297 g/mol. The SMILES string of the molecule is CC(C)C(CCO)Nc1nc(Cl)nc(-n2cccn2)n1. The van der Waals surface area contributed by atoms with Crippen molar-refractivity contribution >= 4 is 17.5 Å². The molecule has 1 atom stereocenters. The van der Waals surface area contributed by atoms with Gasteiger partial charge in [0.2, 0.25) is 11.2 Å². The summed E-state index contributed by atoms with van der Waals surface area (Å²) in [5, 5.41) is 16.4. The van der Waals surface area contributed by atoms with Crippen LogP contribution in [0.5, 0.6) is 0 Å². The minimum atomic E-state index is 0.0592. The molecule has 0 aromatic carbocycles. The number of aliphatic hydroxyl groups excluding tert-OH is 1. The van der Waals surface area contributed by atoms with Gasteiger partial charge < -0.3 is 10.4 Å². The molecular formula is C12H17ClN6O. The van der Waals surface area contributed by atoms with Gasteiger partial charge in [0.15, 0.2) is 0 Å². The summed E-state index contributed by atoms with van der Waals surface area (Å²) in [6.45, 7) is 4.22. The van der Waals surface area contributed by atoms with Gasteiger partial charge in [-0.3, -0.25) is 0 Å². The maximum atomic E-state index is 9.09. The van der Waals surface area contributed by atoms with Crippen LogP contribution < -0.4 is 5.32 Å². The molecule has 0 spiro atoms. The van der Waals surface area contributed by atoms with Crippen molar-refractivity contribution in [2.24, 2.45) is 5.92 Å². The number of anilines is 1. The van der Waals surface area contributed by atoms with Crippen molar-refractivity contribution < 1.29 is 5.11 Å². The van der Waals surface area contributed by atoms with Crippen LogP contribution in [0.2, 0.25) is 5.28 Å². The Morgan fingerprint density at radius 3 is 2.75 bits per heavy atom. The highest BCUT2D eigenvalue weighted by Crippen LogP contribution is 2.14. The first-order valence-corrected chi connectivity index (χ1v) is 6.77. The minimum absolute atomic E-state index is 0.0592. The zero-order valence-electron chi connectivity index (χ0n) is 11.4. The molecule has 0 aliphatic heterocycles. The van der Waals surface area contributed by atoms with E-state index in [0.717, 1.165) is 0 Å². The van der Waals surface area contributed by atoms with Gasteiger partial charge in [-0.15, -0.1) is 0 Å². The highest BCUT2D eigenvalue weighted by atomic mass is 35.5. The van der Waals surface area contributed by atoms with Gasteiger partial charge in [0.05, 0.1) is 0 Å². The van der Waals surface area contributed by atoms with Crippen molar-refractivity contribution in [1.29, 1.82) is 0 Å². The molecule has 7 nitrogen and oxygen atoms in total. The number of aliphatic hydroxyl groups is 1. The molecule has 8 heteroatoms. The molecule has 0 bridgehead atoms. The molecule has 2 heterocycles. The number of rotatable bonds is 6. The standard InChI is InChI=1S/C12H17ClN6O/c1-8(2)9(4-7-20)15-11-16-10(13)17-12(18-11)19-6-3-5-14-19/h3,5-6,8-9,20H,4,7H2,1-2H3,(H,15,16,17,18). The molecule has 2 aromatic heterocycles. The van der Waals surface area contributed by atoms with Gasteiger partial charge in [-0.2, -0.15) is 20.1 Å². The second-order valence-corrected chi connectivity index (χ2v) is 5.02. The maximum absolute atomic E-state index is 9.09. The molecule has 0 aliphatic carbocycles. The third-order valence-electron chi connectivity index (χ3n) is 2.86. The van der Waals surface area contributed by atoms with Crippen LogP contribution in [0.4, 0.5) is 5.95 Å². The summed E-state index contributed by atoms with van der Waals surface area (Å²) < 4.78 is 1.51. The molecule has 0 saturated heterocycles. The van der Waals surface area contributed by atoms with Crippen LogP contribution in [0, 0.1) is 5.92 Å². The Balaban J connectivity index is 2.23. The average Bonchev–Trinajstić information content (AvgIpc) is 2.91. The van der Waals surface area contributed by atoms with Crippen LogP contribution in [0.1, 0.15) is 20.3 Å². The van der Waals surface area contributed by atoms with Gasteiger partial charge >= 0.3 is 0 Å². The summed E-state index contributed by atoms with van der Waals surface area (Å²) in [4.78, 5) is 12.4. The van der Waals surface area contributed by atoms with E-state index in [2.05, 4.69) is 39.2 Å². The first kappa shape index (κ1) is 14.7. The lowest BCUT2D eigenvalue weighted by Gasteiger charge is -2.21. The van der Waals surface area contributed by atoms with Crippen molar-refractivity contribution in [3.8, 4) is 5.95 Å². The van der Waals surface area contributed by atoms with Crippen LogP contribution in [0.15, 0.2) is 18.5 Å². The van der Waals surface area contributed by atoms with Gasteiger partial charge in [0.25, 0.3) is 5.95 Å². The number of nitrogens with zero attached hydrogens (tertiary/aromatic N) is 5. The lowest BCUT2D eigenvalue weighted by atomic mass is 10.0.